The van der Waals surface area contributed by atoms with Crippen LogP contribution in [0.4, 0.5) is 0 Å². The van der Waals surface area contributed by atoms with E-state index < -0.39 is 6.29 Å². The Morgan fingerprint density at radius 1 is 0.857 bits per heavy atom. The third-order valence-corrected chi connectivity index (χ3v) is 6.91. The number of nitrogens with zero attached hydrogens (tertiary/aromatic N) is 1. The van der Waals surface area contributed by atoms with Gasteiger partial charge in [0, 0.05) is 38.2 Å². The molecule has 0 unspecified atom stereocenters. The summed E-state index contributed by atoms with van der Waals surface area (Å²) in [7, 11) is 0. The molecular weight excluding hydrogens is 440 g/mol. The molecule has 35 heavy (non-hydrogen) atoms. The van der Waals surface area contributed by atoms with Crippen LogP contribution in [0.1, 0.15) is 41.1 Å². The van der Waals surface area contributed by atoms with Crippen LogP contribution >= 0.6 is 0 Å². The third kappa shape index (κ3) is 5.81. The first kappa shape index (κ1) is 24.1. The molecule has 0 saturated carbocycles. The smallest absolute Gasteiger partial charge is 0.184 e. The van der Waals surface area contributed by atoms with E-state index in [-0.39, 0.29) is 18.8 Å². The fraction of sp³-hybridized carbons (Fsp3) is 0.379. The molecule has 0 amide bonds. The lowest BCUT2D eigenvalue weighted by atomic mass is 9.97. The summed E-state index contributed by atoms with van der Waals surface area (Å²) in [6.07, 6.45) is 0.308. The van der Waals surface area contributed by atoms with Gasteiger partial charge in [-0.3, -0.25) is 4.90 Å². The second kappa shape index (κ2) is 11.4. The minimum atomic E-state index is -0.448. The van der Waals surface area contributed by atoms with Gasteiger partial charge in [0.2, 0.25) is 0 Å². The number of hydrogen-bond donors (Lipinski definition) is 2. The molecule has 3 aromatic carbocycles. The molecule has 0 radical (unpaired) electrons. The van der Waals surface area contributed by atoms with E-state index in [1.807, 2.05) is 24.3 Å². The van der Waals surface area contributed by atoms with Gasteiger partial charge in [-0.1, -0.05) is 72.8 Å². The Bertz CT molecular complexity index is 1080. The van der Waals surface area contributed by atoms with Gasteiger partial charge in [0.1, 0.15) is 0 Å². The molecule has 0 aliphatic carbocycles. The predicted octanol–water partition coefficient (Wildman–Crippen LogP) is 4.18. The molecule has 3 aromatic rings. The Morgan fingerprint density at radius 3 is 2.29 bits per heavy atom. The molecule has 3 N–H and O–H groups in total. The van der Waals surface area contributed by atoms with E-state index in [1.54, 1.807) is 0 Å². The Hall–Kier alpha value is -2.58. The van der Waals surface area contributed by atoms with E-state index in [9.17, 15) is 5.11 Å². The fourth-order valence-corrected chi connectivity index (χ4v) is 4.90. The van der Waals surface area contributed by atoms with E-state index in [0.717, 1.165) is 72.6 Å². The van der Waals surface area contributed by atoms with Crippen LogP contribution in [-0.4, -0.2) is 49.0 Å². The van der Waals surface area contributed by atoms with Crippen LogP contribution < -0.4 is 5.73 Å². The zero-order chi connectivity index (χ0) is 24.0. The number of morpholine rings is 1. The van der Waals surface area contributed by atoms with E-state index in [4.69, 9.17) is 19.9 Å². The van der Waals surface area contributed by atoms with Gasteiger partial charge in [0.05, 0.1) is 32.0 Å². The minimum Gasteiger partial charge on any atom is -0.392 e. The quantitative estimate of drug-likeness (QED) is 0.535. The second-order valence-electron chi connectivity index (χ2n) is 9.25. The lowest BCUT2D eigenvalue weighted by Gasteiger charge is -2.39. The average Bonchev–Trinajstić information content (AvgIpc) is 2.93. The molecule has 0 bridgehead atoms. The first-order chi connectivity index (χ1) is 17.2. The fourth-order valence-electron chi connectivity index (χ4n) is 4.90. The topological polar surface area (TPSA) is 77.2 Å². The molecule has 5 rings (SSSR count). The minimum absolute atomic E-state index is 0.0385. The maximum absolute atomic E-state index is 9.42. The van der Waals surface area contributed by atoms with Gasteiger partial charge < -0.3 is 25.1 Å². The molecule has 2 saturated heterocycles. The number of benzene rings is 3. The predicted molar refractivity (Wildman–Crippen MR) is 135 cm³/mol. The van der Waals surface area contributed by atoms with Crippen molar-refractivity contribution in [3.63, 3.8) is 0 Å². The molecule has 2 aliphatic heterocycles. The number of nitrogens with two attached hydrogens (primary N) is 1. The summed E-state index contributed by atoms with van der Waals surface area (Å²) in [6, 6.07) is 24.7. The van der Waals surface area contributed by atoms with E-state index in [1.165, 1.54) is 0 Å². The van der Waals surface area contributed by atoms with Gasteiger partial charge in [0.15, 0.2) is 6.29 Å². The third-order valence-electron chi connectivity index (χ3n) is 6.91. The lowest BCUT2D eigenvalue weighted by Crippen LogP contribution is -2.44. The zero-order valence-corrected chi connectivity index (χ0v) is 20.0. The van der Waals surface area contributed by atoms with Crippen molar-refractivity contribution in [2.75, 3.05) is 32.8 Å². The molecule has 3 atom stereocenters. The van der Waals surface area contributed by atoms with Crippen molar-refractivity contribution < 1.29 is 19.3 Å². The average molecular weight is 475 g/mol. The van der Waals surface area contributed by atoms with Crippen molar-refractivity contribution in [1.29, 1.82) is 0 Å². The van der Waals surface area contributed by atoms with Crippen LogP contribution in [-0.2, 0) is 27.4 Å². The zero-order valence-electron chi connectivity index (χ0n) is 20.0. The summed E-state index contributed by atoms with van der Waals surface area (Å²) in [5.74, 6) is 0. The van der Waals surface area contributed by atoms with Gasteiger partial charge in [-0.05, 0) is 27.8 Å². The van der Waals surface area contributed by atoms with E-state index in [0.29, 0.717) is 6.54 Å². The maximum Gasteiger partial charge on any atom is 0.184 e. The number of hydrogen-bond acceptors (Lipinski definition) is 6. The van der Waals surface area contributed by atoms with E-state index in [2.05, 4.69) is 53.4 Å². The summed E-state index contributed by atoms with van der Waals surface area (Å²) in [5, 5.41) is 9.42. The van der Waals surface area contributed by atoms with Crippen LogP contribution in [0.15, 0.2) is 72.8 Å². The molecule has 2 aliphatic rings. The molecule has 6 nitrogen and oxygen atoms in total. The summed E-state index contributed by atoms with van der Waals surface area (Å²) >= 11 is 0. The first-order valence-corrected chi connectivity index (χ1v) is 12.4. The Balaban J connectivity index is 1.37. The highest BCUT2D eigenvalue weighted by atomic mass is 16.7. The van der Waals surface area contributed by atoms with Gasteiger partial charge in [0.25, 0.3) is 0 Å². The Morgan fingerprint density at radius 2 is 1.57 bits per heavy atom. The van der Waals surface area contributed by atoms with Gasteiger partial charge in [-0.25, -0.2) is 0 Å². The molecular formula is C29H34N2O4. The van der Waals surface area contributed by atoms with Crippen LogP contribution in [0.5, 0.6) is 0 Å². The standard InChI is InChI=1S/C29H34N2O4/c30-18-25-3-1-2-4-27(25)22-9-11-24(12-10-22)29-34-26(19-31-13-15-33-16-14-31)17-28(35-29)23-7-5-21(20-32)6-8-23/h1-12,26,28-29,32H,13-20,30H2/t26-,28+,29+/m0/s1. The number of aliphatic hydroxyl groups excluding tert-OH is 1. The molecule has 0 aromatic heterocycles. The Labute approximate surface area is 207 Å². The Kier molecular flexibility index (Phi) is 7.88. The lowest BCUT2D eigenvalue weighted by molar-refractivity contribution is -0.253. The van der Waals surface area contributed by atoms with Crippen LogP contribution in [0.2, 0.25) is 0 Å². The molecule has 184 valence electrons. The summed E-state index contributed by atoms with van der Waals surface area (Å²) < 4.78 is 18.5. The normalized spacial score (nSPS) is 23.3. The van der Waals surface area contributed by atoms with Crippen LogP contribution in [0, 0.1) is 0 Å². The number of rotatable bonds is 7. The SMILES string of the molecule is NCc1ccccc1-c1ccc([C@@H]2O[C@H](CN3CCOCC3)C[C@H](c3ccc(CO)cc3)O2)cc1. The van der Waals surface area contributed by atoms with Crippen molar-refractivity contribution >= 4 is 0 Å². The summed E-state index contributed by atoms with van der Waals surface area (Å²) in [6.45, 7) is 4.79. The largest absolute Gasteiger partial charge is 0.392 e. The van der Waals surface area contributed by atoms with Crippen molar-refractivity contribution in [1.82, 2.24) is 4.90 Å². The molecule has 2 fully saturated rings. The first-order valence-electron chi connectivity index (χ1n) is 12.4. The van der Waals surface area contributed by atoms with Gasteiger partial charge in [-0.15, -0.1) is 0 Å². The summed E-state index contributed by atoms with van der Waals surface area (Å²) in [4.78, 5) is 2.41. The van der Waals surface area contributed by atoms with Crippen LogP contribution in [0.3, 0.4) is 0 Å². The second-order valence-corrected chi connectivity index (χ2v) is 9.25. The van der Waals surface area contributed by atoms with E-state index >= 15 is 0 Å². The van der Waals surface area contributed by atoms with Crippen LogP contribution in [0.25, 0.3) is 11.1 Å². The van der Waals surface area contributed by atoms with Crippen molar-refractivity contribution in [2.45, 2.75) is 38.1 Å². The van der Waals surface area contributed by atoms with Gasteiger partial charge >= 0.3 is 0 Å². The number of aliphatic hydroxyl groups is 1. The van der Waals surface area contributed by atoms with Crippen molar-refractivity contribution in [3.8, 4) is 11.1 Å². The molecule has 0 spiro atoms. The van der Waals surface area contributed by atoms with Crippen molar-refractivity contribution in [2.24, 2.45) is 5.73 Å². The highest BCUT2D eigenvalue weighted by molar-refractivity contribution is 5.67. The number of ether oxygens (including phenoxy) is 3. The molecule has 6 heteroatoms. The monoisotopic (exact) mass is 474 g/mol. The van der Waals surface area contributed by atoms with Crippen molar-refractivity contribution in [3.05, 3.63) is 95.1 Å². The molecule has 2 heterocycles. The maximum atomic E-state index is 9.42. The highest BCUT2D eigenvalue weighted by Crippen LogP contribution is 2.38. The highest BCUT2D eigenvalue weighted by Gasteiger charge is 2.33. The van der Waals surface area contributed by atoms with Gasteiger partial charge in [-0.2, -0.15) is 0 Å². The summed E-state index contributed by atoms with van der Waals surface area (Å²) in [5.41, 5.74) is 12.4.